The van der Waals surface area contributed by atoms with Crippen LogP contribution in [-0.2, 0) is 0 Å². The summed E-state index contributed by atoms with van der Waals surface area (Å²) in [6, 6.07) is 18.4. The highest BCUT2D eigenvalue weighted by molar-refractivity contribution is 5.95. The van der Waals surface area contributed by atoms with Crippen molar-refractivity contribution in [2.45, 2.75) is 33.1 Å². The minimum Gasteiger partial charge on any atom is -0.351 e. The zero-order valence-electron chi connectivity index (χ0n) is 15.6. The van der Waals surface area contributed by atoms with Gasteiger partial charge in [0.25, 0.3) is 5.91 Å². The van der Waals surface area contributed by atoms with Crippen molar-refractivity contribution in [2.24, 2.45) is 0 Å². The Morgan fingerprint density at radius 1 is 1.12 bits per heavy atom. The lowest BCUT2D eigenvalue weighted by molar-refractivity contribution is 0.0950. The van der Waals surface area contributed by atoms with Crippen LogP contribution in [0.15, 0.2) is 60.8 Å². The largest absolute Gasteiger partial charge is 0.351 e. The molecule has 1 atom stereocenters. The lowest BCUT2D eigenvalue weighted by Gasteiger charge is -2.16. The Balaban J connectivity index is 1.73. The summed E-state index contributed by atoms with van der Waals surface area (Å²) in [6.45, 7) is 6.74. The Hall–Kier alpha value is -2.88. The molecular formula is C22H25N3O. The summed E-state index contributed by atoms with van der Waals surface area (Å²) < 4.78 is 1.82. The molecule has 0 aliphatic heterocycles. The van der Waals surface area contributed by atoms with Crippen LogP contribution in [-0.4, -0.2) is 22.2 Å². The Bertz CT molecular complexity index is 883. The molecule has 1 heterocycles. The van der Waals surface area contributed by atoms with E-state index in [-0.39, 0.29) is 5.91 Å². The van der Waals surface area contributed by atoms with Gasteiger partial charge in [0.15, 0.2) is 0 Å². The van der Waals surface area contributed by atoms with Crippen LogP contribution in [0.1, 0.15) is 46.4 Å². The fraction of sp³-hybridized carbons (Fsp3) is 0.273. The summed E-state index contributed by atoms with van der Waals surface area (Å²) in [7, 11) is 0. The molecule has 1 N–H and O–H groups in total. The van der Waals surface area contributed by atoms with Gasteiger partial charge < -0.3 is 5.32 Å². The number of nitrogens with zero attached hydrogens (tertiary/aromatic N) is 2. The zero-order valence-corrected chi connectivity index (χ0v) is 15.6. The number of nitrogens with one attached hydrogen (secondary N) is 1. The summed E-state index contributed by atoms with van der Waals surface area (Å²) in [5, 5.41) is 7.48. The monoisotopic (exact) mass is 347 g/mol. The highest BCUT2D eigenvalue weighted by Gasteiger charge is 2.17. The van der Waals surface area contributed by atoms with Crippen molar-refractivity contribution in [3.8, 4) is 5.69 Å². The summed E-state index contributed by atoms with van der Waals surface area (Å²) in [6.07, 6.45) is 2.63. The highest BCUT2D eigenvalue weighted by atomic mass is 16.1. The highest BCUT2D eigenvalue weighted by Crippen LogP contribution is 2.19. The number of aryl methyl sites for hydroxylation is 1. The van der Waals surface area contributed by atoms with Crippen molar-refractivity contribution in [1.29, 1.82) is 0 Å². The number of carbonyl (C=O) groups is 1. The molecule has 3 aromatic rings. The number of hydrogen-bond donors (Lipinski definition) is 1. The molecule has 1 unspecified atom stereocenters. The first-order chi connectivity index (χ1) is 12.6. The van der Waals surface area contributed by atoms with Crippen LogP contribution in [0.5, 0.6) is 0 Å². The first kappa shape index (κ1) is 17.9. The second-order valence-electron chi connectivity index (χ2n) is 6.62. The molecule has 0 fully saturated rings. The van der Waals surface area contributed by atoms with E-state index >= 15 is 0 Å². The molecule has 4 nitrogen and oxygen atoms in total. The average Bonchev–Trinajstić information content (AvgIpc) is 3.04. The lowest BCUT2D eigenvalue weighted by Crippen LogP contribution is -2.28. The number of benzene rings is 2. The fourth-order valence-corrected chi connectivity index (χ4v) is 3.19. The van der Waals surface area contributed by atoms with Crippen LogP contribution in [0.4, 0.5) is 0 Å². The third kappa shape index (κ3) is 3.85. The van der Waals surface area contributed by atoms with Gasteiger partial charge in [-0.2, -0.15) is 5.10 Å². The van der Waals surface area contributed by atoms with Crippen LogP contribution >= 0.6 is 0 Å². The van der Waals surface area contributed by atoms with Gasteiger partial charge >= 0.3 is 0 Å². The van der Waals surface area contributed by atoms with Crippen LogP contribution < -0.4 is 5.32 Å². The molecule has 0 bridgehead atoms. The molecule has 26 heavy (non-hydrogen) atoms. The van der Waals surface area contributed by atoms with Gasteiger partial charge in [-0.05, 0) is 43.5 Å². The van der Waals surface area contributed by atoms with E-state index in [1.54, 1.807) is 6.20 Å². The predicted octanol–water partition coefficient (Wildman–Crippen LogP) is 4.41. The van der Waals surface area contributed by atoms with E-state index in [1.165, 1.54) is 5.56 Å². The van der Waals surface area contributed by atoms with E-state index in [1.807, 2.05) is 54.9 Å². The Kier molecular flexibility index (Phi) is 5.52. The van der Waals surface area contributed by atoms with Gasteiger partial charge in [0.05, 0.1) is 23.1 Å². The van der Waals surface area contributed by atoms with Gasteiger partial charge in [0, 0.05) is 12.5 Å². The van der Waals surface area contributed by atoms with Gasteiger partial charge in [-0.15, -0.1) is 0 Å². The SMILES string of the molecule is CCC(CNC(=O)c1cnn(-c2cccc(C)c2)c1C)c1ccccc1. The first-order valence-electron chi connectivity index (χ1n) is 9.05. The van der Waals surface area contributed by atoms with Crippen molar-refractivity contribution in [1.82, 2.24) is 15.1 Å². The second-order valence-corrected chi connectivity index (χ2v) is 6.62. The molecule has 0 saturated carbocycles. The first-order valence-corrected chi connectivity index (χ1v) is 9.05. The van der Waals surface area contributed by atoms with Crippen molar-refractivity contribution in [2.75, 3.05) is 6.54 Å². The normalized spacial score (nSPS) is 12.0. The number of carbonyl (C=O) groups excluding carboxylic acids is 1. The molecule has 0 spiro atoms. The second kappa shape index (κ2) is 8.00. The van der Waals surface area contributed by atoms with Gasteiger partial charge in [-0.1, -0.05) is 49.4 Å². The summed E-state index contributed by atoms with van der Waals surface area (Å²) >= 11 is 0. The van der Waals surface area contributed by atoms with E-state index < -0.39 is 0 Å². The molecule has 2 aromatic carbocycles. The average molecular weight is 347 g/mol. The molecule has 1 amide bonds. The van der Waals surface area contributed by atoms with E-state index in [0.717, 1.165) is 23.4 Å². The quantitative estimate of drug-likeness (QED) is 0.718. The number of aromatic nitrogens is 2. The van der Waals surface area contributed by atoms with Gasteiger partial charge in [0.2, 0.25) is 0 Å². The summed E-state index contributed by atoms with van der Waals surface area (Å²) in [4.78, 5) is 12.7. The Labute approximate surface area is 154 Å². The molecule has 0 saturated heterocycles. The van der Waals surface area contributed by atoms with E-state index in [9.17, 15) is 4.79 Å². The van der Waals surface area contributed by atoms with Crippen LogP contribution in [0.2, 0.25) is 0 Å². The zero-order chi connectivity index (χ0) is 18.5. The standard InChI is InChI=1S/C22H25N3O/c1-4-18(19-10-6-5-7-11-19)14-23-22(26)21-15-24-25(17(21)3)20-12-8-9-16(2)13-20/h5-13,15,18H,4,14H2,1-3H3,(H,23,26). The van der Waals surface area contributed by atoms with Crippen LogP contribution in [0.25, 0.3) is 5.69 Å². The third-order valence-corrected chi connectivity index (χ3v) is 4.77. The maximum atomic E-state index is 12.7. The van der Waals surface area contributed by atoms with Crippen LogP contribution in [0, 0.1) is 13.8 Å². The van der Waals surface area contributed by atoms with Crippen LogP contribution in [0.3, 0.4) is 0 Å². The number of rotatable bonds is 6. The van der Waals surface area contributed by atoms with E-state index in [0.29, 0.717) is 18.0 Å². The maximum Gasteiger partial charge on any atom is 0.254 e. The molecule has 0 aliphatic rings. The minimum absolute atomic E-state index is 0.0733. The predicted molar refractivity (Wildman–Crippen MR) is 105 cm³/mol. The van der Waals surface area contributed by atoms with Crippen molar-refractivity contribution in [3.05, 3.63) is 83.2 Å². The van der Waals surface area contributed by atoms with Crippen molar-refractivity contribution >= 4 is 5.91 Å². The maximum absolute atomic E-state index is 12.7. The number of amides is 1. The van der Waals surface area contributed by atoms with Gasteiger partial charge in [-0.3, -0.25) is 4.79 Å². The van der Waals surface area contributed by atoms with Crippen molar-refractivity contribution < 1.29 is 4.79 Å². The molecule has 3 rings (SSSR count). The molecule has 0 radical (unpaired) electrons. The molecule has 0 aliphatic carbocycles. The Morgan fingerprint density at radius 2 is 1.88 bits per heavy atom. The van der Waals surface area contributed by atoms with Gasteiger partial charge in [0.1, 0.15) is 0 Å². The smallest absolute Gasteiger partial charge is 0.254 e. The lowest BCUT2D eigenvalue weighted by atomic mass is 9.96. The third-order valence-electron chi connectivity index (χ3n) is 4.77. The minimum atomic E-state index is -0.0733. The Morgan fingerprint density at radius 3 is 2.58 bits per heavy atom. The number of hydrogen-bond acceptors (Lipinski definition) is 2. The molecule has 134 valence electrons. The summed E-state index contributed by atoms with van der Waals surface area (Å²) in [5.41, 5.74) is 4.85. The van der Waals surface area contributed by atoms with Gasteiger partial charge in [-0.25, -0.2) is 4.68 Å². The molecular weight excluding hydrogens is 322 g/mol. The fourth-order valence-electron chi connectivity index (χ4n) is 3.19. The topological polar surface area (TPSA) is 46.9 Å². The van der Waals surface area contributed by atoms with Crippen molar-refractivity contribution in [3.63, 3.8) is 0 Å². The van der Waals surface area contributed by atoms with E-state index in [4.69, 9.17) is 0 Å². The van der Waals surface area contributed by atoms with E-state index in [2.05, 4.69) is 35.5 Å². The molecule has 1 aromatic heterocycles. The molecule has 4 heteroatoms. The summed E-state index contributed by atoms with van der Waals surface area (Å²) in [5.74, 6) is 0.239.